The molecule has 3 rings (SSSR count). The Bertz CT molecular complexity index is 1010. The molecule has 0 saturated carbocycles. The Balaban J connectivity index is 2.01. The van der Waals surface area contributed by atoms with Gasteiger partial charge in [-0.3, -0.25) is 9.59 Å². The molecule has 3 aromatic rings. The molecule has 0 aliphatic rings. The summed E-state index contributed by atoms with van der Waals surface area (Å²) in [5.74, 6) is -0.567. The van der Waals surface area contributed by atoms with Crippen LogP contribution in [0.15, 0.2) is 30.3 Å². The first kappa shape index (κ1) is 20.4. The minimum atomic E-state index is -1.08. The highest BCUT2D eigenvalue weighted by Gasteiger charge is 2.19. The number of benzene rings is 1. The second-order valence-electron chi connectivity index (χ2n) is 6.53. The largest absolute Gasteiger partial charge is 0.480 e. The Hall–Kier alpha value is -2.38. The fourth-order valence-corrected chi connectivity index (χ4v) is 4.42. The molecule has 28 heavy (non-hydrogen) atoms. The number of carboxylic acid groups (broad SMARTS) is 1. The maximum atomic E-state index is 12.2. The summed E-state index contributed by atoms with van der Waals surface area (Å²) in [5.41, 5.74) is 2.10. The molecule has 2 heterocycles. The summed E-state index contributed by atoms with van der Waals surface area (Å²) in [5, 5.41) is 11.1. The predicted octanol–water partition coefficient (Wildman–Crippen LogP) is 4.52. The predicted molar refractivity (Wildman–Crippen MR) is 111 cm³/mol. The molecule has 0 saturated heterocycles. The summed E-state index contributed by atoms with van der Waals surface area (Å²) in [6.45, 7) is 3.89. The molecule has 0 fully saturated rings. The quantitative estimate of drug-likeness (QED) is 0.562. The van der Waals surface area contributed by atoms with Crippen LogP contribution in [-0.4, -0.2) is 33.1 Å². The van der Waals surface area contributed by atoms with Crippen LogP contribution in [0.5, 0.6) is 0 Å². The van der Waals surface area contributed by atoms with Crippen LogP contribution >= 0.6 is 22.9 Å². The monoisotopic (exact) mass is 419 g/mol. The molecule has 0 aliphatic heterocycles. The smallest absolute Gasteiger partial charge is 0.322 e. The number of hydrogen-bond acceptors (Lipinski definition) is 4. The number of nitrogens with zero attached hydrogens (tertiary/aromatic N) is 2. The second kappa shape index (κ2) is 8.75. The van der Waals surface area contributed by atoms with Crippen LogP contribution in [0.4, 0.5) is 0 Å². The SMILES string of the molecule is CCC(CC)n1c(Cc2ccc(Cl)s2)nc2cc(C(=O)NCC(=O)O)ccc21. The lowest BCUT2D eigenvalue weighted by Crippen LogP contribution is -2.29. The molecule has 1 aromatic carbocycles. The van der Waals surface area contributed by atoms with E-state index in [0.717, 1.165) is 38.9 Å². The van der Waals surface area contributed by atoms with Gasteiger partial charge >= 0.3 is 5.97 Å². The summed E-state index contributed by atoms with van der Waals surface area (Å²) in [4.78, 5) is 28.8. The van der Waals surface area contributed by atoms with Gasteiger partial charge in [0.1, 0.15) is 12.4 Å². The number of carbonyl (C=O) groups excluding carboxylic acids is 1. The summed E-state index contributed by atoms with van der Waals surface area (Å²) in [6.07, 6.45) is 2.62. The fraction of sp³-hybridized carbons (Fsp3) is 0.350. The number of carboxylic acids is 1. The number of aromatic nitrogens is 2. The van der Waals surface area contributed by atoms with Gasteiger partial charge in [0.15, 0.2) is 0 Å². The average molecular weight is 420 g/mol. The molecule has 2 aromatic heterocycles. The molecule has 0 unspecified atom stereocenters. The molecule has 0 aliphatic carbocycles. The number of thiophene rings is 1. The van der Waals surface area contributed by atoms with Crippen LogP contribution < -0.4 is 5.32 Å². The minimum Gasteiger partial charge on any atom is -0.480 e. The highest BCUT2D eigenvalue weighted by molar-refractivity contribution is 7.16. The van der Waals surface area contributed by atoms with Crippen LogP contribution in [-0.2, 0) is 11.2 Å². The van der Waals surface area contributed by atoms with Gasteiger partial charge in [-0.15, -0.1) is 11.3 Å². The zero-order valence-corrected chi connectivity index (χ0v) is 17.3. The lowest BCUT2D eigenvalue weighted by molar-refractivity contribution is -0.135. The van der Waals surface area contributed by atoms with Gasteiger partial charge in [0, 0.05) is 22.9 Å². The van der Waals surface area contributed by atoms with Crippen molar-refractivity contribution in [2.45, 2.75) is 39.2 Å². The van der Waals surface area contributed by atoms with Gasteiger partial charge in [-0.1, -0.05) is 25.4 Å². The molecule has 0 bridgehead atoms. The third-order valence-electron chi connectivity index (χ3n) is 4.69. The zero-order chi connectivity index (χ0) is 20.3. The number of carbonyl (C=O) groups is 2. The first-order valence-electron chi connectivity index (χ1n) is 9.18. The topological polar surface area (TPSA) is 84.2 Å². The molecule has 0 radical (unpaired) electrons. The summed E-state index contributed by atoms with van der Waals surface area (Å²) in [7, 11) is 0. The van der Waals surface area contributed by atoms with Gasteiger partial charge in [0.25, 0.3) is 5.91 Å². The van der Waals surface area contributed by atoms with E-state index in [1.54, 1.807) is 12.1 Å². The van der Waals surface area contributed by atoms with Crippen LogP contribution in [0.25, 0.3) is 11.0 Å². The Morgan fingerprint density at radius 1 is 1.25 bits per heavy atom. The normalized spacial score (nSPS) is 11.3. The molecule has 2 N–H and O–H groups in total. The van der Waals surface area contributed by atoms with E-state index in [1.807, 2.05) is 18.2 Å². The van der Waals surface area contributed by atoms with E-state index >= 15 is 0 Å². The Morgan fingerprint density at radius 2 is 2.00 bits per heavy atom. The van der Waals surface area contributed by atoms with Gasteiger partial charge in [-0.2, -0.15) is 0 Å². The maximum absolute atomic E-state index is 12.2. The summed E-state index contributed by atoms with van der Waals surface area (Å²) >= 11 is 7.61. The minimum absolute atomic E-state index is 0.308. The van der Waals surface area contributed by atoms with Crippen molar-refractivity contribution >= 4 is 45.8 Å². The van der Waals surface area contributed by atoms with E-state index in [9.17, 15) is 9.59 Å². The van der Waals surface area contributed by atoms with Crippen molar-refractivity contribution in [1.29, 1.82) is 0 Å². The van der Waals surface area contributed by atoms with Crippen LogP contribution in [0.1, 0.15) is 53.8 Å². The van der Waals surface area contributed by atoms with Crippen LogP contribution in [0.2, 0.25) is 4.34 Å². The lowest BCUT2D eigenvalue weighted by Gasteiger charge is -2.18. The summed E-state index contributed by atoms with van der Waals surface area (Å²) < 4.78 is 3.00. The second-order valence-corrected chi connectivity index (χ2v) is 8.33. The first-order valence-corrected chi connectivity index (χ1v) is 10.4. The number of nitrogens with one attached hydrogen (secondary N) is 1. The molecule has 0 spiro atoms. The molecular formula is C20H22ClN3O3S. The zero-order valence-electron chi connectivity index (χ0n) is 15.7. The molecule has 0 atom stereocenters. The molecular weight excluding hydrogens is 398 g/mol. The Kier molecular flexibility index (Phi) is 6.36. The van der Waals surface area contributed by atoms with E-state index < -0.39 is 18.4 Å². The van der Waals surface area contributed by atoms with Crippen molar-refractivity contribution in [1.82, 2.24) is 14.9 Å². The lowest BCUT2D eigenvalue weighted by atomic mass is 10.1. The molecule has 148 valence electrons. The van der Waals surface area contributed by atoms with Crippen LogP contribution in [0.3, 0.4) is 0 Å². The van der Waals surface area contributed by atoms with E-state index in [4.69, 9.17) is 21.7 Å². The van der Waals surface area contributed by atoms with Crippen LogP contribution in [0, 0.1) is 0 Å². The van der Waals surface area contributed by atoms with E-state index in [0.29, 0.717) is 18.0 Å². The first-order chi connectivity index (χ1) is 13.4. The van der Waals surface area contributed by atoms with Gasteiger partial charge < -0.3 is 15.0 Å². The maximum Gasteiger partial charge on any atom is 0.322 e. The van der Waals surface area contributed by atoms with Crippen molar-refractivity contribution in [2.24, 2.45) is 0 Å². The Labute approximate surface area is 172 Å². The average Bonchev–Trinajstić information content (AvgIpc) is 3.24. The van der Waals surface area contributed by atoms with Gasteiger partial charge in [-0.05, 0) is 43.2 Å². The number of hydrogen-bond donors (Lipinski definition) is 2. The number of fused-ring (bicyclic) bond motifs is 1. The highest BCUT2D eigenvalue weighted by atomic mass is 35.5. The van der Waals surface area contributed by atoms with Crippen molar-refractivity contribution in [3.63, 3.8) is 0 Å². The third kappa shape index (κ3) is 4.36. The number of imidazole rings is 1. The number of amides is 1. The van der Waals surface area contributed by atoms with E-state index in [-0.39, 0.29) is 0 Å². The molecule has 8 heteroatoms. The van der Waals surface area contributed by atoms with Gasteiger partial charge in [0.05, 0.1) is 15.4 Å². The van der Waals surface area contributed by atoms with Crippen molar-refractivity contribution < 1.29 is 14.7 Å². The number of aliphatic carboxylic acids is 1. The fourth-order valence-electron chi connectivity index (χ4n) is 3.34. The highest BCUT2D eigenvalue weighted by Crippen LogP contribution is 2.30. The standard InChI is InChI=1S/C20H22ClN3O3S/c1-3-13(4-2)24-16-7-5-12(20(27)22-11-19(25)26)9-15(16)23-18(24)10-14-6-8-17(21)28-14/h5-9,13H,3-4,10-11H2,1-2H3,(H,22,27)(H,25,26). The molecule has 1 amide bonds. The van der Waals surface area contributed by atoms with E-state index in [2.05, 4.69) is 23.7 Å². The van der Waals surface area contributed by atoms with Crippen molar-refractivity contribution in [2.75, 3.05) is 6.54 Å². The Morgan fingerprint density at radius 3 is 2.61 bits per heavy atom. The van der Waals surface area contributed by atoms with Crippen molar-refractivity contribution in [3.8, 4) is 0 Å². The third-order valence-corrected chi connectivity index (χ3v) is 5.92. The van der Waals surface area contributed by atoms with E-state index in [1.165, 1.54) is 11.3 Å². The summed E-state index contributed by atoms with van der Waals surface area (Å²) in [6, 6.07) is 9.52. The molecule has 6 nitrogen and oxygen atoms in total. The van der Waals surface area contributed by atoms with Crippen molar-refractivity contribution in [3.05, 3.63) is 50.9 Å². The number of rotatable bonds is 8. The number of halogens is 1. The van der Waals surface area contributed by atoms with Gasteiger partial charge in [-0.25, -0.2) is 4.98 Å². The van der Waals surface area contributed by atoms with Gasteiger partial charge in [0.2, 0.25) is 0 Å².